The third kappa shape index (κ3) is 6.48. The van der Waals surface area contributed by atoms with Gasteiger partial charge >= 0.3 is 7.12 Å². The monoisotopic (exact) mass is 244 g/mol. The lowest BCUT2D eigenvalue weighted by Crippen LogP contribution is -2.40. The van der Waals surface area contributed by atoms with E-state index in [9.17, 15) is 0 Å². The lowest BCUT2D eigenvalue weighted by molar-refractivity contribution is 0.283. The van der Waals surface area contributed by atoms with E-state index in [1.54, 1.807) is 6.08 Å². The fourth-order valence-electron chi connectivity index (χ4n) is 0.963. The summed E-state index contributed by atoms with van der Waals surface area (Å²) >= 11 is 0. The van der Waals surface area contributed by atoms with E-state index < -0.39 is 15.4 Å². The first-order chi connectivity index (χ1) is 7.17. The Bertz CT molecular complexity index is 222. The maximum Gasteiger partial charge on any atom is 0.480 e. The smallest absolute Gasteiger partial charge is 0.424 e. The normalized spacial score (nSPS) is 13.4. The molecule has 0 heterocycles. The fraction of sp³-hybridized carbons (Fsp3) is 0.818. The Hall–Kier alpha value is -0.0982. The number of hydrogen-bond donors (Lipinski definition) is 2. The molecule has 0 bridgehead atoms. The quantitative estimate of drug-likeness (QED) is 0.557. The summed E-state index contributed by atoms with van der Waals surface area (Å²) in [6, 6.07) is 0. The van der Waals surface area contributed by atoms with Crippen LogP contribution >= 0.6 is 0 Å². The molecule has 16 heavy (non-hydrogen) atoms. The molecule has 5 heteroatoms. The van der Waals surface area contributed by atoms with E-state index in [4.69, 9.17) is 14.5 Å². The highest BCUT2D eigenvalue weighted by atomic mass is 28.4. The first-order valence-corrected chi connectivity index (χ1v) is 8.74. The second-order valence-electron chi connectivity index (χ2n) is 5.59. The van der Waals surface area contributed by atoms with E-state index in [-0.39, 0.29) is 5.04 Å². The van der Waals surface area contributed by atoms with Crippen LogP contribution in [-0.4, -0.2) is 32.1 Å². The molecule has 0 rings (SSSR count). The highest BCUT2D eigenvalue weighted by molar-refractivity contribution is 6.74. The van der Waals surface area contributed by atoms with Crippen molar-refractivity contribution in [3.63, 3.8) is 0 Å². The third-order valence-corrected chi connectivity index (χ3v) is 7.63. The van der Waals surface area contributed by atoms with Crippen LogP contribution < -0.4 is 0 Å². The van der Waals surface area contributed by atoms with Gasteiger partial charge in [0.25, 0.3) is 0 Å². The molecule has 0 unspecified atom stereocenters. The first-order valence-electron chi connectivity index (χ1n) is 5.83. The predicted molar refractivity (Wildman–Crippen MR) is 71.7 cm³/mol. The lowest BCUT2D eigenvalue weighted by atomic mass is 9.91. The maximum absolute atomic E-state index is 8.59. The molecule has 0 spiro atoms. The second-order valence-corrected chi connectivity index (χ2v) is 10.4. The lowest BCUT2D eigenvalue weighted by Gasteiger charge is -2.36. The summed E-state index contributed by atoms with van der Waals surface area (Å²) in [6.07, 6.45) is 3.53. The molecule has 0 radical (unpaired) electrons. The molecule has 0 aliphatic carbocycles. The van der Waals surface area contributed by atoms with Crippen LogP contribution in [-0.2, 0) is 4.43 Å². The summed E-state index contributed by atoms with van der Waals surface area (Å²) in [5.74, 6) is 1.38. The van der Waals surface area contributed by atoms with Gasteiger partial charge in [-0.25, -0.2) is 0 Å². The van der Waals surface area contributed by atoms with E-state index >= 15 is 0 Å². The van der Waals surface area contributed by atoms with Gasteiger partial charge in [0.05, 0.1) is 0 Å². The van der Waals surface area contributed by atoms with Crippen molar-refractivity contribution in [2.75, 3.05) is 6.61 Å². The van der Waals surface area contributed by atoms with Crippen molar-refractivity contribution in [1.82, 2.24) is 0 Å². The zero-order valence-corrected chi connectivity index (χ0v) is 12.2. The maximum atomic E-state index is 8.59. The minimum absolute atomic E-state index is 0.254. The molecule has 0 aromatic rings. The summed E-state index contributed by atoms with van der Waals surface area (Å²) in [5, 5.41) is 17.4. The summed E-state index contributed by atoms with van der Waals surface area (Å²) in [6.45, 7) is 11.9. The zero-order chi connectivity index (χ0) is 12.8. The molecule has 0 aliphatic rings. The molecule has 94 valence electrons. The predicted octanol–water partition coefficient (Wildman–Crippen LogP) is 2.36. The van der Waals surface area contributed by atoms with Crippen LogP contribution in [0.1, 0.15) is 33.6 Å². The van der Waals surface area contributed by atoms with Crippen LogP contribution in [0.3, 0.4) is 0 Å². The first kappa shape index (κ1) is 15.9. The largest absolute Gasteiger partial charge is 0.480 e. The highest BCUT2D eigenvalue weighted by Crippen LogP contribution is 2.36. The molecule has 0 atom stereocenters. The molecule has 0 aliphatic heterocycles. The standard InChI is InChI=1S/C11H25BO3Si/c1-11(2,3)16(4,5)15-10-8-6-7-9-12(13)14/h7,9,13-14H,6,8,10H2,1-5H3/b9-7+. The Labute approximate surface area is 101 Å². The molecular weight excluding hydrogens is 219 g/mol. The molecule has 2 N–H and O–H groups in total. The van der Waals surface area contributed by atoms with Crippen molar-refractivity contribution < 1.29 is 14.5 Å². The zero-order valence-electron chi connectivity index (χ0n) is 11.2. The summed E-state index contributed by atoms with van der Waals surface area (Å²) in [5.41, 5.74) is 0. The summed E-state index contributed by atoms with van der Waals surface area (Å²) in [7, 11) is -2.94. The van der Waals surface area contributed by atoms with Crippen molar-refractivity contribution in [1.29, 1.82) is 0 Å². The average molecular weight is 244 g/mol. The van der Waals surface area contributed by atoms with E-state index in [1.165, 1.54) is 5.98 Å². The third-order valence-electron chi connectivity index (χ3n) is 3.09. The molecule has 3 nitrogen and oxygen atoms in total. The van der Waals surface area contributed by atoms with Crippen LogP contribution in [0.15, 0.2) is 12.1 Å². The van der Waals surface area contributed by atoms with Gasteiger partial charge in [-0.3, -0.25) is 0 Å². The molecule has 0 aromatic carbocycles. The molecule has 0 amide bonds. The van der Waals surface area contributed by atoms with E-state index in [0.29, 0.717) is 0 Å². The molecular formula is C11H25BO3Si. The van der Waals surface area contributed by atoms with Crippen LogP contribution in [0, 0.1) is 0 Å². The Morgan fingerprint density at radius 3 is 2.25 bits per heavy atom. The topological polar surface area (TPSA) is 49.7 Å². The van der Waals surface area contributed by atoms with Gasteiger partial charge in [0.1, 0.15) is 0 Å². The van der Waals surface area contributed by atoms with Gasteiger partial charge in [-0.1, -0.05) is 32.8 Å². The highest BCUT2D eigenvalue weighted by Gasteiger charge is 2.36. The Morgan fingerprint density at radius 2 is 1.81 bits per heavy atom. The van der Waals surface area contributed by atoms with Crippen molar-refractivity contribution in [3.05, 3.63) is 12.1 Å². The summed E-state index contributed by atoms with van der Waals surface area (Å²) < 4.78 is 5.98. The van der Waals surface area contributed by atoms with Crippen molar-refractivity contribution >= 4 is 15.4 Å². The average Bonchev–Trinajstić information content (AvgIpc) is 2.08. The van der Waals surface area contributed by atoms with Gasteiger partial charge in [-0.15, -0.1) is 0 Å². The second kappa shape index (κ2) is 6.59. The Morgan fingerprint density at radius 1 is 1.25 bits per heavy atom. The van der Waals surface area contributed by atoms with Crippen molar-refractivity contribution in [3.8, 4) is 0 Å². The Balaban J connectivity index is 3.75. The van der Waals surface area contributed by atoms with Crippen molar-refractivity contribution in [2.45, 2.75) is 51.7 Å². The fourth-order valence-corrected chi connectivity index (χ4v) is 2.05. The summed E-state index contributed by atoms with van der Waals surface area (Å²) in [4.78, 5) is 0. The molecule has 0 fully saturated rings. The minimum Gasteiger partial charge on any atom is -0.424 e. The van der Waals surface area contributed by atoms with Crippen molar-refractivity contribution in [2.24, 2.45) is 0 Å². The van der Waals surface area contributed by atoms with E-state index in [2.05, 4.69) is 33.9 Å². The van der Waals surface area contributed by atoms with Gasteiger partial charge in [0.2, 0.25) is 0 Å². The van der Waals surface area contributed by atoms with Gasteiger partial charge in [0, 0.05) is 6.61 Å². The SMILES string of the molecule is CC(C)(C)[Si](C)(C)OCCC/C=C/B(O)O. The molecule has 0 saturated carbocycles. The van der Waals surface area contributed by atoms with Gasteiger partial charge in [-0.05, 0) is 31.0 Å². The number of unbranched alkanes of at least 4 members (excludes halogenated alkanes) is 1. The van der Waals surface area contributed by atoms with Gasteiger partial charge < -0.3 is 14.5 Å². The van der Waals surface area contributed by atoms with Crippen LogP contribution in [0.25, 0.3) is 0 Å². The van der Waals surface area contributed by atoms with Crippen LogP contribution in [0.5, 0.6) is 0 Å². The van der Waals surface area contributed by atoms with E-state index in [0.717, 1.165) is 19.4 Å². The molecule has 0 aromatic heterocycles. The molecule has 0 saturated heterocycles. The van der Waals surface area contributed by atoms with E-state index in [1.807, 2.05) is 0 Å². The number of allylic oxidation sites excluding steroid dienone is 1. The van der Waals surface area contributed by atoms with Gasteiger partial charge in [-0.2, -0.15) is 0 Å². The van der Waals surface area contributed by atoms with Crippen LogP contribution in [0.4, 0.5) is 0 Å². The minimum atomic E-state index is -1.61. The number of rotatable bonds is 6. The Kier molecular flexibility index (Phi) is 6.55. The van der Waals surface area contributed by atoms with Gasteiger partial charge in [0.15, 0.2) is 8.32 Å². The van der Waals surface area contributed by atoms with Crippen LogP contribution in [0.2, 0.25) is 18.1 Å². The number of hydrogen-bond acceptors (Lipinski definition) is 3.